The van der Waals surface area contributed by atoms with Crippen molar-refractivity contribution >= 4 is 33.2 Å². The smallest absolute Gasteiger partial charge is 0.264 e. The summed E-state index contributed by atoms with van der Waals surface area (Å²) in [6.07, 6.45) is 1.58. The van der Waals surface area contributed by atoms with Crippen molar-refractivity contribution in [3.05, 3.63) is 76.8 Å². The molecule has 0 radical (unpaired) electrons. The van der Waals surface area contributed by atoms with Crippen LogP contribution in [0.15, 0.2) is 65.6 Å². The summed E-state index contributed by atoms with van der Waals surface area (Å²) >= 11 is 6.32. The normalized spacial score (nSPS) is 14.4. The fraction of sp³-hybridized carbons (Fsp3) is 0.240. The van der Waals surface area contributed by atoms with Crippen LogP contribution in [0.25, 0.3) is 0 Å². The van der Waals surface area contributed by atoms with Crippen molar-refractivity contribution in [3.63, 3.8) is 0 Å². The maximum absolute atomic E-state index is 13.3. The lowest BCUT2D eigenvalue weighted by atomic mass is 10.0. The highest BCUT2D eigenvalue weighted by molar-refractivity contribution is 7.92. The van der Waals surface area contributed by atoms with Gasteiger partial charge >= 0.3 is 0 Å². The number of hydrogen-bond acceptors (Lipinski definition) is 6. The molecule has 2 heterocycles. The number of amides is 1. The van der Waals surface area contributed by atoms with E-state index in [-0.39, 0.29) is 35.0 Å². The number of benzene rings is 3. The first-order chi connectivity index (χ1) is 16.9. The van der Waals surface area contributed by atoms with Crippen molar-refractivity contribution in [3.8, 4) is 17.2 Å². The van der Waals surface area contributed by atoms with Crippen LogP contribution in [0.4, 0.5) is 5.69 Å². The minimum Gasteiger partial charge on any atom is -0.482 e. The Hall–Kier alpha value is -3.43. The molecule has 2 aliphatic heterocycles. The molecule has 0 aliphatic carbocycles. The number of anilines is 1. The first kappa shape index (κ1) is 23.3. The van der Waals surface area contributed by atoms with Gasteiger partial charge in [-0.3, -0.25) is 9.10 Å². The number of carbonyl (C=O) groups is 1. The quantitative estimate of drug-likeness (QED) is 0.514. The topological polar surface area (TPSA) is 94.2 Å². The highest BCUT2D eigenvalue weighted by atomic mass is 35.5. The molecule has 2 aliphatic rings. The molecule has 0 unspecified atom stereocenters. The Morgan fingerprint density at radius 3 is 2.74 bits per heavy atom. The number of rotatable bonds is 7. The van der Waals surface area contributed by atoms with Gasteiger partial charge in [-0.2, -0.15) is 0 Å². The molecule has 0 bridgehead atoms. The number of para-hydroxylation sites is 1. The molecule has 0 atom stereocenters. The van der Waals surface area contributed by atoms with Crippen LogP contribution < -0.4 is 23.8 Å². The first-order valence-electron chi connectivity index (χ1n) is 11.1. The highest BCUT2D eigenvalue weighted by Gasteiger charge is 2.29. The van der Waals surface area contributed by atoms with E-state index in [1.54, 1.807) is 12.1 Å². The molecule has 0 saturated carbocycles. The molecular weight excluding hydrogens is 492 g/mol. The van der Waals surface area contributed by atoms with Crippen molar-refractivity contribution < 1.29 is 27.4 Å². The van der Waals surface area contributed by atoms with Crippen LogP contribution >= 0.6 is 11.6 Å². The van der Waals surface area contributed by atoms with E-state index in [2.05, 4.69) is 5.32 Å². The summed E-state index contributed by atoms with van der Waals surface area (Å²) in [6, 6.07) is 17.2. The number of aryl methyl sites for hydroxylation is 1. The predicted octanol–water partition coefficient (Wildman–Crippen LogP) is 3.91. The molecule has 182 valence electrons. The lowest BCUT2D eigenvalue weighted by Gasteiger charge is -2.30. The zero-order valence-electron chi connectivity index (χ0n) is 18.7. The van der Waals surface area contributed by atoms with E-state index in [9.17, 15) is 13.2 Å². The summed E-state index contributed by atoms with van der Waals surface area (Å²) in [5.41, 5.74) is 2.55. The molecule has 8 nitrogen and oxygen atoms in total. The Bertz CT molecular complexity index is 1380. The predicted molar refractivity (Wildman–Crippen MR) is 131 cm³/mol. The summed E-state index contributed by atoms with van der Waals surface area (Å²) < 4.78 is 44.2. The van der Waals surface area contributed by atoms with Gasteiger partial charge in [-0.25, -0.2) is 8.42 Å². The Labute approximate surface area is 208 Å². The lowest BCUT2D eigenvalue weighted by molar-refractivity contribution is -0.123. The molecule has 3 aromatic rings. The summed E-state index contributed by atoms with van der Waals surface area (Å²) in [5.74, 6) is 1.19. The third-order valence-corrected chi connectivity index (χ3v) is 7.95. The fourth-order valence-corrected chi connectivity index (χ4v) is 5.95. The molecule has 5 rings (SSSR count). The minimum absolute atomic E-state index is 0.0683. The van der Waals surface area contributed by atoms with Gasteiger partial charge in [0, 0.05) is 13.1 Å². The SMILES string of the molecule is O=C(COc1ccc(S(=O)(=O)N2CCCc3ccccc32)cc1Cl)NCc1ccc2c(c1)OCO2. The molecule has 0 spiro atoms. The third kappa shape index (κ3) is 4.87. The van der Waals surface area contributed by atoms with E-state index >= 15 is 0 Å². The van der Waals surface area contributed by atoms with E-state index in [0.29, 0.717) is 30.3 Å². The largest absolute Gasteiger partial charge is 0.482 e. The number of nitrogens with one attached hydrogen (secondary N) is 1. The van der Waals surface area contributed by atoms with E-state index in [1.165, 1.54) is 22.5 Å². The molecular formula is C25H23ClN2O6S. The van der Waals surface area contributed by atoms with Crippen molar-refractivity contribution in [2.24, 2.45) is 0 Å². The second kappa shape index (κ2) is 9.67. The maximum atomic E-state index is 13.3. The van der Waals surface area contributed by atoms with Crippen molar-refractivity contribution in [2.75, 3.05) is 24.2 Å². The zero-order valence-corrected chi connectivity index (χ0v) is 20.3. The van der Waals surface area contributed by atoms with Crippen LogP contribution in [0.2, 0.25) is 5.02 Å². The number of nitrogens with zero attached hydrogens (tertiary/aromatic N) is 1. The standard InChI is InChI=1S/C25H23ClN2O6S/c26-20-13-19(35(30,31)28-11-3-5-18-4-1-2-6-21(18)28)8-10-22(20)32-15-25(29)27-14-17-7-9-23-24(12-17)34-16-33-23/h1-2,4,6-10,12-13H,3,5,11,14-16H2,(H,27,29). The van der Waals surface area contributed by atoms with Crippen LogP contribution in [-0.2, 0) is 27.8 Å². The second-order valence-electron chi connectivity index (χ2n) is 8.15. The molecule has 3 aromatic carbocycles. The molecule has 1 N–H and O–H groups in total. The maximum Gasteiger partial charge on any atom is 0.264 e. The summed E-state index contributed by atoms with van der Waals surface area (Å²) in [7, 11) is -3.79. The van der Waals surface area contributed by atoms with Gasteiger partial charge in [0.15, 0.2) is 18.1 Å². The van der Waals surface area contributed by atoms with Crippen molar-refractivity contribution in [2.45, 2.75) is 24.3 Å². The number of halogens is 1. The van der Waals surface area contributed by atoms with Gasteiger partial charge in [0.1, 0.15) is 5.75 Å². The summed E-state index contributed by atoms with van der Waals surface area (Å²) in [5, 5.41) is 2.87. The first-order valence-corrected chi connectivity index (χ1v) is 12.9. The molecule has 0 fully saturated rings. The average molecular weight is 515 g/mol. The van der Waals surface area contributed by atoms with Gasteiger partial charge in [-0.05, 0) is 60.4 Å². The minimum atomic E-state index is -3.79. The van der Waals surface area contributed by atoms with Crippen molar-refractivity contribution in [1.29, 1.82) is 0 Å². The molecule has 10 heteroatoms. The van der Waals surface area contributed by atoms with E-state index in [0.717, 1.165) is 24.0 Å². The Kier molecular flexibility index (Phi) is 6.44. The average Bonchev–Trinajstić information content (AvgIpc) is 3.34. The fourth-order valence-electron chi connectivity index (χ4n) is 4.08. The van der Waals surface area contributed by atoms with Gasteiger partial charge in [0.2, 0.25) is 6.79 Å². The zero-order chi connectivity index (χ0) is 24.4. The number of carbonyl (C=O) groups excluding carboxylic acids is 1. The van der Waals surface area contributed by atoms with Crippen LogP contribution in [0.1, 0.15) is 17.5 Å². The van der Waals surface area contributed by atoms with Crippen LogP contribution in [0.3, 0.4) is 0 Å². The highest BCUT2D eigenvalue weighted by Crippen LogP contribution is 2.35. The Morgan fingerprint density at radius 1 is 1.06 bits per heavy atom. The molecule has 0 aromatic heterocycles. The van der Waals surface area contributed by atoms with Gasteiger partial charge in [-0.15, -0.1) is 0 Å². The number of fused-ring (bicyclic) bond motifs is 2. The van der Waals surface area contributed by atoms with E-state index < -0.39 is 10.0 Å². The number of hydrogen-bond donors (Lipinski definition) is 1. The molecule has 35 heavy (non-hydrogen) atoms. The Balaban J connectivity index is 1.21. The Morgan fingerprint density at radius 2 is 1.89 bits per heavy atom. The third-order valence-electron chi connectivity index (χ3n) is 5.84. The van der Waals surface area contributed by atoms with Gasteiger partial charge < -0.3 is 19.5 Å². The molecule has 1 amide bonds. The monoisotopic (exact) mass is 514 g/mol. The van der Waals surface area contributed by atoms with E-state index in [1.807, 2.05) is 30.3 Å². The summed E-state index contributed by atoms with van der Waals surface area (Å²) in [4.78, 5) is 12.3. The number of sulfonamides is 1. The van der Waals surface area contributed by atoms with Crippen molar-refractivity contribution in [1.82, 2.24) is 5.32 Å². The lowest BCUT2D eigenvalue weighted by Crippen LogP contribution is -2.35. The van der Waals surface area contributed by atoms with Gasteiger partial charge in [-0.1, -0.05) is 35.9 Å². The van der Waals surface area contributed by atoms with Crippen LogP contribution in [0, 0.1) is 0 Å². The van der Waals surface area contributed by atoms with E-state index in [4.69, 9.17) is 25.8 Å². The van der Waals surface area contributed by atoms with Crippen LogP contribution in [0.5, 0.6) is 17.2 Å². The van der Waals surface area contributed by atoms with Gasteiger partial charge in [0.25, 0.3) is 15.9 Å². The summed E-state index contributed by atoms with van der Waals surface area (Å²) in [6.45, 7) is 0.612. The molecule has 0 saturated heterocycles. The van der Waals surface area contributed by atoms with Crippen LogP contribution in [-0.4, -0.2) is 34.3 Å². The second-order valence-corrected chi connectivity index (χ2v) is 10.4. The van der Waals surface area contributed by atoms with Gasteiger partial charge in [0.05, 0.1) is 15.6 Å². The number of ether oxygens (including phenoxy) is 3.